The Morgan fingerprint density at radius 1 is 1.22 bits per heavy atom. The second-order valence-corrected chi connectivity index (χ2v) is 5.39. The van der Waals surface area contributed by atoms with Crippen LogP contribution in [-0.4, -0.2) is 23.5 Å². The highest BCUT2D eigenvalue weighted by Crippen LogP contribution is 2.32. The first-order chi connectivity index (χ1) is 10.8. The third-order valence-corrected chi connectivity index (χ3v) is 4.01. The highest BCUT2D eigenvalue weighted by atomic mass is 35.5. The van der Waals surface area contributed by atoms with Gasteiger partial charge < -0.3 is 5.32 Å². The summed E-state index contributed by atoms with van der Waals surface area (Å²) >= 11 is 11.9. The van der Waals surface area contributed by atoms with E-state index in [1.807, 2.05) is 5.32 Å². The van der Waals surface area contributed by atoms with Crippen molar-refractivity contribution in [2.24, 2.45) is 10.4 Å². The summed E-state index contributed by atoms with van der Waals surface area (Å²) in [5.41, 5.74) is -0.840. The van der Waals surface area contributed by atoms with E-state index >= 15 is 0 Å². The molecule has 0 bridgehead atoms. The molecule has 124 valence electrons. The molecular formula is C12H9Cl2F3N4O2. The molecule has 0 spiro atoms. The van der Waals surface area contributed by atoms with E-state index in [9.17, 15) is 23.0 Å². The molecule has 0 amide bonds. The Balaban J connectivity index is 2.36. The first-order valence-corrected chi connectivity index (χ1v) is 6.92. The Kier molecular flexibility index (Phi) is 5.23. The van der Waals surface area contributed by atoms with Gasteiger partial charge in [-0.2, -0.15) is 13.2 Å². The fourth-order valence-electron chi connectivity index (χ4n) is 2.06. The highest BCUT2D eigenvalue weighted by molar-refractivity contribution is 6.42. The van der Waals surface area contributed by atoms with E-state index < -0.39 is 24.3 Å². The van der Waals surface area contributed by atoms with Crippen molar-refractivity contribution in [3.05, 3.63) is 55.4 Å². The summed E-state index contributed by atoms with van der Waals surface area (Å²) in [6, 6.07) is 4.65. The van der Waals surface area contributed by atoms with Crippen LogP contribution in [0.25, 0.3) is 0 Å². The molecule has 0 radical (unpaired) electrons. The largest absolute Gasteiger partial charge is 0.430 e. The molecule has 0 saturated heterocycles. The van der Waals surface area contributed by atoms with E-state index in [4.69, 9.17) is 23.2 Å². The monoisotopic (exact) mass is 368 g/mol. The maximum atomic E-state index is 12.8. The Morgan fingerprint density at radius 2 is 1.91 bits per heavy atom. The zero-order valence-electron chi connectivity index (χ0n) is 11.2. The van der Waals surface area contributed by atoms with Gasteiger partial charge in [-0.05, 0) is 28.1 Å². The van der Waals surface area contributed by atoms with E-state index in [1.165, 1.54) is 6.07 Å². The average Bonchev–Trinajstić information content (AvgIpc) is 2.50. The number of rotatable bonds is 4. The van der Waals surface area contributed by atoms with E-state index in [2.05, 4.69) is 10.4 Å². The van der Waals surface area contributed by atoms with Gasteiger partial charge in [0.05, 0.1) is 10.0 Å². The molecule has 11 heteroatoms. The van der Waals surface area contributed by atoms with E-state index in [1.54, 1.807) is 12.1 Å². The lowest BCUT2D eigenvalue weighted by molar-refractivity contribution is -0.104. The van der Waals surface area contributed by atoms with E-state index in [-0.39, 0.29) is 16.6 Å². The van der Waals surface area contributed by atoms with Crippen molar-refractivity contribution < 1.29 is 13.2 Å². The van der Waals surface area contributed by atoms with Crippen molar-refractivity contribution in [3.8, 4) is 0 Å². The SMILES string of the molecule is O=NC1C=C(C(F)(F)F)NC(N=O)N1Cc1cccc(Cl)c1Cl. The minimum atomic E-state index is -4.76. The molecule has 6 nitrogen and oxygen atoms in total. The first kappa shape index (κ1) is 17.6. The molecule has 1 aromatic carbocycles. The van der Waals surface area contributed by atoms with Gasteiger partial charge in [0.15, 0.2) is 6.17 Å². The molecule has 0 fully saturated rings. The third-order valence-electron chi connectivity index (χ3n) is 3.15. The van der Waals surface area contributed by atoms with E-state index in [0.29, 0.717) is 11.6 Å². The summed E-state index contributed by atoms with van der Waals surface area (Å²) < 4.78 is 38.3. The topological polar surface area (TPSA) is 74.1 Å². The molecule has 1 aliphatic rings. The van der Waals surface area contributed by atoms with Gasteiger partial charge in [-0.3, -0.25) is 0 Å². The molecule has 1 aliphatic heterocycles. The predicted molar refractivity (Wildman–Crippen MR) is 78.4 cm³/mol. The van der Waals surface area contributed by atoms with Crippen LogP contribution in [0.3, 0.4) is 0 Å². The van der Waals surface area contributed by atoms with Crippen molar-refractivity contribution in [3.63, 3.8) is 0 Å². The van der Waals surface area contributed by atoms with Gasteiger partial charge in [0.2, 0.25) is 6.29 Å². The Bertz CT molecular complexity index is 654. The summed E-state index contributed by atoms with van der Waals surface area (Å²) in [5.74, 6) is 0. The van der Waals surface area contributed by atoms with Crippen LogP contribution >= 0.6 is 23.2 Å². The fraction of sp³-hybridized carbons (Fsp3) is 0.333. The molecule has 0 aromatic heterocycles. The van der Waals surface area contributed by atoms with Crippen LogP contribution in [0.5, 0.6) is 0 Å². The highest BCUT2D eigenvalue weighted by Gasteiger charge is 2.42. The van der Waals surface area contributed by atoms with Crippen molar-refractivity contribution in [1.82, 2.24) is 10.2 Å². The minimum absolute atomic E-state index is 0.152. The molecule has 1 heterocycles. The minimum Gasteiger partial charge on any atom is -0.345 e. The van der Waals surface area contributed by atoms with Crippen molar-refractivity contribution in [2.45, 2.75) is 25.2 Å². The van der Waals surface area contributed by atoms with Gasteiger partial charge in [0.25, 0.3) is 0 Å². The van der Waals surface area contributed by atoms with Crippen molar-refractivity contribution in [1.29, 1.82) is 0 Å². The number of benzene rings is 1. The average molecular weight is 369 g/mol. The molecule has 0 saturated carbocycles. The summed E-state index contributed by atoms with van der Waals surface area (Å²) in [5, 5.41) is 7.52. The van der Waals surface area contributed by atoms with Crippen LogP contribution in [0.2, 0.25) is 10.0 Å². The van der Waals surface area contributed by atoms with Crippen LogP contribution in [0.4, 0.5) is 13.2 Å². The molecule has 1 aromatic rings. The summed E-state index contributed by atoms with van der Waals surface area (Å²) in [6.45, 7) is -0.152. The number of halogens is 5. The van der Waals surface area contributed by atoms with Gasteiger partial charge >= 0.3 is 6.18 Å². The Labute approximate surface area is 138 Å². The molecule has 2 atom stereocenters. The Hall–Kier alpha value is -1.71. The lowest BCUT2D eigenvalue weighted by Gasteiger charge is -2.35. The molecule has 1 N–H and O–H groups in total. The standard InChI is InChI=1S/C12H9Cl2F3N4O2/c13-7-3-1-2-6(10(7)14)5-21-9(19-22)4-8(12(15,16)17)18-11(21)20-23/h1-4,9,11,18H,5H2. The zero-order chi connectivity index (χ0) is 17.2. The first-order valence-electron chi connectivity index (χ1n) is 6.17. The quantitative estimate of drug-likeness (QED) is 0.815. The second-order valence-electron chi connectivity index (χ2n) is 4.61. The van der Waals surface area contributed by atoms with Crippen molar-refractivity contribution >= 4 is 23.2 Å². The number of alkyl halides is 3. The molecule has 2 unspecified atom stereocenters. The summed E-state index contributed by atoms with van der Waals surface area (Å²) in [4.78, 5) is 22.8. The fourth-order valence-corrected chi connectivity index (χ4v) is 2.44. The zero-order valence-corrected chi connectivity index (χ0v) is 12.7. The summed E-state index contributed by atoms with van der Waals surface area (Å²) in [6.07, 6.45) is -7.35. The Morgan fingerprint density at radius 3 is 2.48 bits per heavy atom. The lowest BCUT2D eigenvalue weighted by Crippen LogP contribution is -2.53. The molecule has 23 heavy (non-hydrogen) atoms. The van der Waals surface area contributed by atoms with Gasteiger partial charge in [-0.1, -0.05) is 35.3 Å². The number of nitroso groups, excluding NO2 is 2. The van der Waals surface area contributed by atoms with Crippen LogP contribution in [0.1, 0.15) is 5.56 Å². The number of allylic oxidation sites excluding steroid dienone is 1. The number of hydrogen-bond acceptors (Lipinski definition) is 6. The predicted octanol–water partition coefficient (Wildman–Crippen LogP) is 3.99. The molecular weight excluding hydrogens is 360 g/mol. The lowest BCUT2D eigenvalue weighted by atomic mass is 10.1. The van der Waals surface area contributed by atoms with Crippen LogP contribution in [-0.2, 0) is 6.54 Å². The molecule has 2 rings (SSSR count). The normalized spacial score (nSPS) is 22.2. The summed E-state index contributed by atoms with van der Waals surface area (Å²) in [7, 11) is 0. The second kappa shape index (κ2) is 6.81. The number of nitrogens with zero attached hydrogens (tertiary/aromatic N) is 3. The maximum Gasteiger partial charge on any atom is 0.430 e. The van der Waals surface area contributed by atoms with E-state index in [0.717, 1.165) is 4.90 Å². The van der Waals surface area contributed by atoms with Gasteiger partial charge in [0, 0.05) is 6.54 Å². The molecule has 0 aliphatic carbocycles. The number of nitrogens with one attached hydrogen (secondary N) is 1. The maximum absolute atomic E-state index is 12.8. The van der Waals surface area contributed by atoms with Gasteiger partial charge in [-0.25, -0.2) is 4.90 Å². The van der Waals surface area contributed by atoms with Crippen LogP contribution in [0, 0.1) is 9.81 Å². The number of hydrogen-bond donors (Lipinski definition) is 1. The third kappa shape index (κ3) is 3.80. The van der Waals surface area contributed by atoms with Crippen molar-refractivity contribution in [2.75, 3.05) is 0 Å². The smallest absolute Gasteiger partial charge is 0.345 e. The van der Waals surface area contributed by atoms with Crippen LogP contribution < -0.4 is 5.32 Å². The van der Waals surface area contributed by atoms with Gasteiger partial charge in [-0.15, -0.1) is 9.81 Å². The van der Waals surface area contributed by atoms with Crippen LogP contribution in [0.15, 0.2) is 40.3 Å². The van der Waals surface area contributed by atoms with Gasteiger partial charge in [0.1, 0.15) is 5.70 Å².